The van der Waals surface area contributed by atoms with Crippen molar-refractivity contribution in [2.75, 3.05) is 0 Å². The van der Waals surface area contributed by atoms with E-state index < -0.39 is 0 Å². The number of fused-ring (bicyclic) bond motifs is 1. The van der Waals surface area contributed by atoms with Crippen molar-refractivity contribution in [3.05, 3.63) is 42.1 Å². The zero-order valence-corrected chi connectivity index (χ0v) is 11.6. The molecule has 4 rings (SSSR count). The van der Waals surface area contributed by atoms with Gasteiger partial charge in [0, 0.05) is 6.54 Å². The third-order valence-electron chi connectivity index (χ3n) is 4.20. The molecule has 5 nitrogen and oxygen atoms in total. The van der Waals surface area contributed by atoms with Crippen molar-refractivity contribution >= 4 is 10.9 Å². The third kappa shape index (κ3) is 2.30. The quantitative estimate of drug-likeness (QED) is 0.740. The highest BCUT2D eigenvalue weighted by Gasteiger charge is 2.18. The van der Waals surface area contributed by atoms with E-state index in [0.29, 0.717) is 11.9 Å². The van der Waals surface area contributed by atoms with Crippen molar-refractivity contribution in [1.82, 2.24) is 24.8 Å². The van der Waals surface area contributed by atoms with Crippen molar-refractivity contribution in [2.45, 2.75) is 32.4 Å². The first-order valence-corrected chi connectivity index (χ1v) is 7.28. The summed E-state index contributed by atoms with van der Waals surface area (Å²) in [5, 5.41) is 13.1. The highest BCUT2D eigenvalue weighted by atomic mass is 19.1. The van der Waals surface area contributed by atoms with Crippen LogP contribution in [0.5, 0.6) is 0 Å². The van der Waals surface area contributed by atoms with Gasteiger partial charge in [0.1, 0.15) is 11.5 Å². The van der Waals surface area contributed by atoms with Crippen LogP contribution in [0.3, 0.4) is 0 Å². The van der Waals surface area contributed by atoms with Crippen molar-refractivity contribution in [3.8, 4) is 0 Å². The standard InChI is InChI=1S/C15H16FN5/c16-14-5-2-6-15-13(14)7-17-21(15)10-12-9-20(19-18-12)8-11-3-1-4-11/h2,5-7,9,11H,1,3-4,8,10H2. The van der Waals surface area contributed by atoms with Gasteiger partial charge in [-0.3, -0.25) is 9.36 Å². The summed E-state index contributed by atoms with van der Waals surface area (Å²) < 4.78 is 17.3. The molecule has 0 bridgehead atoms. The van der Waals surface area contributed by atoms with Gasteiger partial charge in [0.05, 0.1) is 29.8 Å². The van der Waals surface area contributed by atoms with E-state index in [0.717, 1.165) is 23.7 Å². The van der Waals surface area contributed by atoms with Crippen LogP contribution >= 0.6 is 0 Å². The van der Waals surface area contributed by atoms with Gasteiger partial charge in [-0.1, -0.05) is 17.7 Å². The molecule has 108 valence electrons. The number of rotatable bonds is 4. The molecule has 0 N–H and O–H groups in total. The van der Waals surface area contributed by atoms with Gasteiger partial charge in [-0.15, -0.1) is 5.10 Å². The maximum absolute atomic E-state index is 13.6. The number of nitrogens with zero attached hydrogens (tertiary/aromatic N) is 5. The van der Waals surface area contributed by atoms with Crippen LogP contribution in [0.1, 0.15) is 25.0 Å². The zero-order chi connectivity index (χ0) is 14.2. The fourth-order valence-corrected chi connectivity index (χ4v) is 2.79. The average Bonchev–Trinajstić information content (AvgIpc) is 3.03. The SMILES string of the molecule is Fc1cccc2c1cnn2Cc1cn(CC2CCC2)nn1. The number of hydrogen-bond donors (Lipinski definition) is 0. The topological polar surface area (TPSA) is 48.5 Å². The summed E-state index contributed by atoms with van der Waals surface area (Å²) in [6.45, 7) is 1.46. The number of aromatic nitrogens is 5. The largest absolute Gasteiger partial charge is 0.259 e. The van der Waals surface area contributed by atoms with Gasteiger partial charge in [-0.25, -0.2) is 4.39 Å². The molecule has 6 heteroatoms. The van der Waals surface area contributed by atoms with E-state index in [1.165, 1.54) is 25.3 Å². The maximum atomic E-state index is 13.6. The molecule has 0 saturated heterocycles. The normalized spacial score (nSPS) is 15.5. The smallest absolute Gasteiger partial charge is 0.134 e. The Morgan fingerprint density at radius 1 is 1.29 bits per heavy atom. The van der Waals surface area contributed by atoms with E-state index in [1.807, 2.05) is 16.9 Å². The van der Waals surface area contributed by atoms with Crippen LogP contribution in [0.4, 0.5) is 4.39 Å². The van der Waals surface area contributed by atoms with Crippen molar-refractivity contribution in [1.29, 1.82) is 0 Å². The van der Waals surface area contributed by atoms with Crippen LogP contribution in [0, 0.1) is 11.7 Å². The van der Waals surface area contributed by atoms with E-state index in [-0.39, 0.29) is 5.82 Å². The molecule has 2 heterocycles. The summed E-state index contributed by atoms with van der Waals surface area (Å²) in [6, 6.07) is 5.01. The lowest BCUT2D eigenvalue weighted by atomic mass is 9.85. The Bertz CT molecular complexity index is 771. The summed E-state index contributed by atoms with van der Waals surface area (Å²) in [5.74, 6) is 0.506. The Kier molecular flexibility index (Phi) is 2.94. The van der Waals surface area contributed by atoms with Crippen LogP contribution in [0.2, 0.25) is 0 Å². The van der Waals surface area contributed by atoms with Gasteiger partial charge >= 0.3 is 0 Å². The van der Waals surface area contributed by atoms with Crippen LogP contribution in [0.25, 0.3) is 10.9 Å². The fraction of sp³-hybridized carbons (Fsp3) is 0.400. The van der Waals surface area contributed by atoms with Crippen LogP contribution < -0.4 is 0 Å². The number of benzene rings is 1. The molecule has 1 aliphatic rings. The van der Waals surface area contributed by atoms with E-state index in [4.69, 9.17) is 0 Å². The Labute approximate surface area is 121 Å². The minimum atomic E-state index is -0.243. The molecule has 0 radical (unpaired) electrons. The summed E-state index contributed by atoms with van der Waals surface area (Å²) in [5.41, 5.74) is 1.63. The van der Waals surface area contributed by atoms with Crippen LogP contribution in [-0.4, -0.2) is 24.8 Å². The summed E-state index contributed by atoms with van der Waals surface area (Å²) >= 11 is 0. The Balaban J connectivity index is 1.55. The minimum absolute atomic E-state index is 0.243. The monoisotopic (exact) mass is 285 g/mol. The molecular formula is C15H16FN5. The molecule has 1 fully saturated rings. The van der Waals surface area contributed by atoms with Gasteiger partial charge < -0.3 is 0 Å². The Morgan fingerprint density at radius 3 is 3.00 bits per heavy atom. The molecule has 3 aromatic rings. The van der Waals surface area contributed by atoms with Crippen molar-refractivity contribution in [3.63, 3.8) is 0 Å². The molecule has 1 aliphatic carbocycles. The second-order valence-electron chi connectivity index (χ2n) is 5.70. The molecule has 1 aromatic carbocycles. The highest BCUT2D eigenvalue weighted by Crippen LogP contribution is 2.27. The van der Waals surface area contributed by atoms with Crippen molar-refractivity contribution in [2.24, 2.45) is 5.92 Å². The number of hydrogen-bond acceptors (Lipinski definition) is 3. The second kappa shape index (κ2) is 4.95. The molecular weight excluding hydrogens is 269 g/mol. The third-order valence-corrected chi connectivity index (χ3v) is 4.20. The summed E-state index contributed by atoms with van der Waals surface area (Å²) in [7, 11) is 0. The molecule has 21 heavy (non-hydrogen) atoms. The lowest BCUT2D eigenvalue weighted by Crippen LogP contribution is -2.18. The molecule has 0 unspecified atom stereocenters. The Hall–Kier alpha value is -2.24. The summed E-state index contributed by atoms with van der Waals surface area (Å²) in [4.78, 5) is 0. The van der Waals surface area contributed by atoms with Gasteiger partial charge in [-0.05, 0) is 30.9 Å². The Morgan fingerprint density at radius 2 is 2.19 bits per heavy atom. The first-order valence-electron chi connectivity index (χ1n) is 7.28. The lowest BCUT2D eigenvalue weighted by Gasteiger charge is -2.24. The van der Waals surface area contributed by atoms with E-state index in [2.05, 4.69) is 15.4 Å². The molecule has 1 saturated carbocycles. The molecule has 0 aliphatic heterocycles. The van der Waals surface area contributed by atoms with Crippen LogP contribution in [-0.2, 0) is 13.1 Å². The van der Waals surface area contributed by atoms with Gasteiger partial charge in [0.2, 0.25) is 0 Å². The fourth-order valence-electron chi connectivity index (χ4n) is 2.79. The predicted octanol–water partition coefficient (Wildman–Crippen LogP) is 2.62. The maximum Gasteiger partial charge on any atom is 0.134 e. The highest BCUT2D eigenvalue weighted by molar-refractivity contribution is 5.79. The van der Waals surface area contributed by atoms with Crippen LogP contribution in [0.15, 0.2) is 30.6 Å². The second-order valence-corrected chi connectivity index (χ2v) is 5.70. The zero-order valence-electron chi connectivity index (χ0n) is 11.6. The van der Waals surface area contributed by atoms with Crippen molar-refractivity contribution < 1.29 is 4.39 Å². The molecule has 0 atom stereocenters. The van der Waals surface area contributed by atoms with E-state index in [9.17, 15) is 4.39 Å². The first-order chi connectivity index (χ1) is 10.3. The van der Waals surface area contributed by atoms with Gasteiger partial charge in [-0.2, -0.15) is 5.10 Å². The molecule has 0 amide bonds. The number of halogens is 1. The first kappa shape index (κ1) is 12.5. The minimum Gasteiger partial charge on any atom is -0.259 e. The lowest BCUT2D eigenvalue weighted by molar-refractivity contribution is 0.264. The van der Waals surface area contributed by atoms with E-state index >= 15 is 0 Å². The molecule has 0 spiro atoms. The predicted molar refractivity (Wildman–Crippen MR) is 76.2 cm³/mol. The van der Waals surface area contributed by atoms with Gasteiger partial charge in [0.25, 0.3) is 0 Å². The summed E-state index contributed by atoms with van der Waals surface area (Å²) in [6.07, 6.45) is 7.43. The van der Waals surface area contributed by atoms with Gasteiger partial charge in [0.15, 0.2) is 0 Å². The average molecular weight is 285 g/mol. The van der Waals surface area contributed by atoms with E-state index in [1.54, 1.807) is 16.9 Å². The molecule has 2 aromatic heterocycles.